The van der Waals surface area contributed by atoms with Crippen LogP contribution in [0.2, 0.25) is 5.02 Å². The van der Waals surface area contributed by atoms with E-state index in [0.717, 1.165) is 37.5 Å². The normalized spacial score (nSPS) is 15.0. The molecule has 0 unspecified atom stereocenters. The van der Waals surface area contributed by atoms with E-state index in [9.17, 15) is 4.79 Å². The summed E-state index contributed by atoms with van der Waals surface area (Å²) in [5, 5.41) is 3.88. The lowest BCUT2D eigenvalue weighted by atomic mass is 10.0. The van der Waals surface area contributed by atoms with Crippen molar-refractivity contribution in [1.29, 1.82) is 0 Å². The first kappa shape index (κ1) is 21.3. The summed E-state index contributed by atoms with van der Waals surface area (Å²) in [6.07, 6.45) is 1.80. The molecule has 156 valence electrons. The zero-order valence-electron chi connectivity index (χ0n) is 17.0. The number of hydrogen-bond donors (Lipinski definition) is 1. The lowest BCUT2D eigenvalue weighted by molar-refractivity contribution is 0.0905. The Hall–Kier alpha value is -2.44. The van der Waals surface area contributed by atoms with Gasteiger partial charge in [-0.1, -0.05) is 23.7 Å². The highest BCUT2D eigenvalue weighted by Gasteiger charge is 2.24. The predicted molar refractivity (Wildman–Crippen MR) is 113 cm³/mol. The van der Waals surface area contributed by atoms with Crippen LogP contribution in [0.1, 0.15) is 28.8 Å². The standard InChI is InChI=1S/C22H27ClN2O4/c1-27-19-13-21(29-3)20(28-2)12-18(19)22(26)24-17-8-10-25(11-9-17)14-15-4-6-16(23)7-5-15/h4-7,12-13,17H,8-11,14H2,1-3H3,(H,24,26). The summed E-state index contributed by atoms with van der Waals surface area (Å²) in [6.45, 7) is 2.74. The Labute approximate surface area is 176 Å². The van der Waals surface area contributed by atoms with E-state index in [1.807, 2.05) is 12.1 Å². The van der Waals surface area contributed by atoms with Gasteiger partial charge in [-0.3, -0.25) is 9.69 Å². The van der Waals surface area contributed by atoms with Crippen molar-refractivity contribution in [3.63, 3.8) is 0 Å². The number of amides is 1. The van der Waals surface area contributed by atoms with Crippen molar-refractivity contribution < 1.29 is 19.0 Å². The average Bonchev–Trinajstić information content (AvgIpc) is 2.75. The molecular formula is C22H27ClN2O4. The summed E-state index contributed by atoms with van der Waals surface area (Å²) in [5.41, 5.74) is 1.68. The average molecular weight is 419 g/mol. The molecule has 6 nitrogen and oxygen atoms in total. The number of likely N-dealkylation sites (tertiary alicyclic amines) is 1. The Morgan fingerprint density at radius 3 is 2.17 bits per heavy atom. The molecule has 0 saturated carbocycles. The minimum absolute atomic E-state index is 0.127. The van der Waals surface area contributed by atoms with Crippen LogP contribution in [0, 0.1) is 0 Å². The fourth-order valence-electron chi connectivity index (χ4n) is 3.55. The Bertz CT molecular complexity index is 833. The monoisotopic (exact) mass is 418 g/mol. The van der Waals surface area contributed by atoms with Gasteiger partial charge in [0.1, 0.15) is 5.75 Å². The third-order valence-electron chi connectivity index (χ3n) is 5.19. The number of carbonyl (C=O) groups is 1. The summed E-state index contributed by atoms with van der Waals surface area (Å²) in [6, 6.07) is 11.4. The van der Waals surface area contributed by atoms with Crippen molar-refractivity contribution in [3.8, 4) is 17.2 Å². The van der Waals surface area contributed by atoms with E-state index >= 15 is 0 Å². The molecule has 1 amide bonds. The molecule has 1 aliphatic heterocycles. The quantitative estimate of drug-likeness (QED) is 0.741. The predicted octanol–water partition coefficient (Wildman–Crippen LogP) is 3.76. The number of halogens is 1. The van der Waals surface area contributed by atoms with Gasteiger partial charge >= 0.3 is 0 Å². The maximum absolute atomic E-state index is 12.9. The Morgan fingerprint density at radius 2 is 1.59 bits per heavy atom. The van der Waals surface area contributed by atoms with E-state index in [1.165, 1.54) is 12.7 Å². The van der Waals surface area contributed by atoms with Gasteiger partial charge in [0.25, 0.3) is 5.91 Å². The molecule has 29 heavy (non-hydrogen) atoms. The summed E-state index contributed by atoms with van der Waals surface area (Å²) in [7, 11) is 4.63. The molecule has 2 aromatic rings. The summed E-state index contributed by atoms with van der Waals surface area (Å²) >= 11 is 5.95. The Morgan fingerprint density at radius 1 is 1.00 bits per heavy atom. The van der Waals surface area contributed by atoms with Crippen molar-refractivity contribution in [2.45, 2.75) is 25.4 Å². The molecule has 0 aliphatic carbocycles. The highest BCUT2D eigenvalue weighted by atomic mass is 35.5. The van der Waals surface area contributed by atoms with E-state index in [4.69, 9.17) is 25.8 Å². The molecule has 0 spiro atoms. The number of nitrogens with one attached hydrogen (secondary N) is 1. The molecule has 7 heteroatoms. The fraction of sp³-hybridized carbons (Fsp3) is 0.409. The number of nitrogens with zero attached hydrogens (tertiary/aromatic N) is 1. The third kappa shape index (κ3) is 5.34. The van der Waals surface area contributed by atoms with Gasteiger partial charge in [0, 0.05) is 42.8 Å². The molecule has 0 radical (unpaired) electrons. The molecule has 1 aliphatic rings. The smallest absolute Gasteiger partial charge is 0.255 e. The van der Waals surface area contributed by atoms with Crippen molar-refractivity contribution in [2.24, 2.45) is 0 Å². The molecule has 0 bridgehead atoms. The number of hydrogen-bond acceptors (Lipinski definition) is 5. The maximum atomic E-state index is 12.9. The fourth-order valence-corrected chi connectivity index (χ4v) is 3.68. The summed E-state index contributed by atoms with van der Waals surface area (Å²) < 4.78 is 16.0. The van der Waals surface area contributed by atoms with Gasteiger partial charge in [0.05, 0.1) is 26.9 Å². The van der Waals surface area contributed by atoms with Crippen LogP contribution in [0.4, 0.5) is 0 Å². The van der Waals surface area contributed by atoms with Gasteiger partial charge in [0.15, 0.2) is 11.5 Å². The van der Waals surface area contributed by atoms with E-state index in [2.05, 4.69) is 22.3 Å². The Balaban J connectivity index is 1.59. The van der Waals surface area contributed by atoms with Gasteiger partial charge in [-0.2, -0.15) is 0 Å². The number of ether oxygens (including phenoxy) is 3. The highest BCUT2D eigenvalue weighted by molar-refractivity contribution is 6.30. The van der Waals surface area contributed by atoms with Crippen LogP contribution in [-0.2, 0) is 6.54 Å². The number of piperidine rings is 1. The first-order valence-electron chi connectivity index (χ1n) is 9.61. The first-order valence-corrected chi connectivity index (χ1v) is 9.99. The molecule has 1 fully saturated rings. The molecule has 0 aromatic heterocycles. The lowest BCUT2D eigenvalue weighted by Gasteiger charge is -2.32. The van der Waals surface area contributed by atoms with Crippen LogP contribution >= 0.6 is 11.6 Å². The molecule has 0 atom stereocenters. The van der Waals surface area contributed by atoms with Crippen LogP contribution in [0.25, 0.3) is 0 Å². The zero-order valence-corrected chi connectivity index (χ0v) is 17.8. The summed E-state index contributed by atoms with van der Waals surface area (Å²) in [4.78, 5) is 15.2. The Kier molecular flexibility index (Phi) is 7.23. The van der Waals surface area contributed by atoms with E-state index in [0.29, 0.717) is 22.8 Å². The topological polar surface area (TPSA) is 60.0 Å². The molecule has 3 rings (SSSR count). The van der Waals surface area contributed by atoms with Gasteiger partial charge in [0.2, 0.25) is 0 Å². The zero-order chi connectivity index (χ0) is 20.8. The number of benzene rings is 2. The van der Waals surface area contributed by atoms with Crippen LogP contribution in [0.15, 0.2) is 36.4 Å². The minimum atomic E-state index is -0.168. The van der Waals surface area contributed by atoms with Crippen molar-refractivity contribution in [3.05, 3.63) is 52.5 Å². The van der Waals surface area contributed by atoms with Crippen molar-refractivity contribution >= 4 is 17.5 Å². The van der Waals surface area contributed by atoms with Gasteiger partial charge < -0.3 is 19.5 Å². The van der Waals surface area contributed by atoms with Gasteiger partial charge in [-0.05, 0) is 30.5 Å². The second-order valence-corrected chi connectivity index (χ2v) is 7.49. The van der Waals surface area contributed by atoms with E-state index < -0.39 is 0 Å². The highest BCUT2D eigenvalue weighted by Crippen LogP contribution is 2.34. The number of rotatable bonds is 7. The van der Waals surface area contributed by atoms with Crippen LogP contribution in [-0.4, -0.2) is 51.3 Å². The number of methoxy groups -OCH3 is 3. The van der Waals surface area contributed by atoms with Crippen molar-refractivity contribution in [2.75, 3.05) is 34.4 Å². The summed E-state index contributed by atoms with van der Waals surface area (Å²) in [5.74, 6) is 1.31. The van der Waals surface area contributed by atoms with Gasteiger partial charge in [-0.25, -0.2) is 0 Å². The van der Waals surface area contributed by atoms with Crippen LogP contribution in [0.5, 0.6) is 17.2 Å². The van der Waals surface area contributed by atoms with E-state index in [-0.39, 0.29) is 11.9 Å². The third-order valence-corrected chi connectivity index (χ3v) is 5.44. The minimum Gasteiger partial charge on any atom is -0.496 e. The van der Waals surface area contributed by atoms with E-state index in [1.54, 1.807) is 26.4 Å². The second-order valence-electron chi connectivity index (χ2n) is 7.06. The molecule has 1 N–H and O–H groups in total. The first-order chi connectivity index (χ1) is 14.0. The molecule has 1 heterocycles. The largest absolute Gasteiger partial charge is 0.496 e. The molecule has 2 aromatic carbocycles. The second kappa shape index (κ2) is 9.85. The van der Waals surface area contributed by atoms with Gasteiger partial charge in [-0.15, -0.1) is 0 Å². The molecular weight excluding hydrogens is 392 g/mol. The lowest BCUT2D eigenvalue weighted by Crippen LogP contribution is -2.44. The van der Waals surface area contributed by atoms with Crippen LogP contribution < -0.4 is 19.5 Å². The molecule has 1 saturated heterocycles. The van der Waals surface area contributed by atoms with Crippen LogP contribution in [0.3, 0.4) is 0 Å². The number of carbonyl (C=O) groups excluding carboxylic acids is 1. The maximum Gasteiger partial charge on any atom is 0.255 e. The van der Waals surface area contributed by atoms with Crippen molar-refractivity contribution in [1.82, 2.24) is 10.2 Å². The SMILES string of the molecule is COc1cc(OC)c(C(=O)NC2CCN(Cc3ccc(Cl)cc3)CC2)cc1OC.